The fraction of sp³-hybridized carbons (Fsp3) is 0.579. The number of ether oxygens (including phenoxy) is 2. The molecule has 1 unspecified atom stereocenters. The molecule has 3 heterocycles. The summed E-state index contributed by atoms with van der Waals surface area (Å²) in [7, 11) is 0. The predicted octanol–water partition coefficient (Wildman–Crippen LogP) is 3.19. The van der Waals surface area contributed by atoms with Crippen molar-refractivity contribution in [1.29, 1.82) is 0 Å². The molecule has 4 heteroatoms. The minimum Gasteiger partial charge on any atom is -0.382 e. The number of hydrogen-bond acceptors (Lipinski definition) is 3. The van der Waals surface area contributed by atoms with Crippen LogP contribution >= 0.6 is 0 Å². The van der Waals surface area contributed by atoms with Gasteiger partial charge in [0.25, 0.3) is 0 Å². The van der Waals surface area contributed by atoms with E-state index < -0.39 is 0 Å². The number of aromatic amines is 1. The monoisotopic (exact) mass is 314 g/mol. The zero-order valence-electron chi connectivity index (χ0n) is 13.9. The minimum atomic E-state index is 0.100. The summed E-state index contributed by atoms with van der Waals surface area (Å²) >= 11 is 0. The third kappa shape index (κ3) is 2.80. The standard InChI is InChI=1S/C19H26N2O2/c1-2-22-10-7-16-8-11-23-19(16)13-21(14-19)12-15-4-3-5-18-17(15)6-9-20-18/h3-6,9,16,20H,2,7-8,10-14H2,1H3. The maximum Gasteiger partial charge on any atom is 0.0964 e. The average molecular weight is 314 g/mol. The first-order valence-electron chi connectivity index (χ1n) is 8.80. The topological polar surface area (TPSA) is 37.5 Å². The van der Waals surface area contributed by atoms with Crippen molar-refractivity contribution < 1.29 is 9.47 Å². The van der Waals surface area contributed by atoms with E-state index in [0.717, 1.165) is 45.9 Å². The molecule has 1 N–H and O–H groups in total. The third-order valence-corrected chi connectivity index (χ3v) is 5.48. The molecule has 1 spiro atoms. The zero-order valence-corrected chi connectivity index (χ0v) is 13.9. The summed E-state index contributed by atoms with van der Waals surface area (Å²) in [5, 5.41) is 1.34. The highest BCUT2D eigenvalue weighted by Gasteiger charge is 2.52. The molecule has 2 fully saturated rings. The van der Waals surface area contributed by atoms with Crippen molar-refractivity contribution in [3.63, 3.8) is 0 Å². The van der Waals surface area contributed by atoms with Crippen LogP contribution in [0.4, 0.5) is 0 Å². The molecule has 124 valence electrons. The Hall–Kier alpha value is -1.36. The second kappa shape index (κ2) is 6.27. The fourth-order valence-corrected chi connectivity index (χ4v) is 4.26. The molecule has 0 saturated carbocycles. The lowest BCUT2D eigenvalue weighted by Crippen LogP contribution is -2.64. The van der Waals surface area contributed by atoms with Crippen LogP contribution in [0, 0.1) is 5.92 Å². The highest BCUT2D eigenvalue weighted by Crippen LogP contribution is 2.42. The summed E-state index contributed by atoms with van der Waals surface area (Å²) in [5.74, 6) is 0.661. The molecule has 1 aromatic carbocycles. The molecule has 0 aliphatic carbocycles. The Balaban J connectivity index is 1.38. The van der Waals surface area contributed by atoms with Crippen LogP contribution in [-0.2, 0) is 16.0 Å². The number of hydrogen-bond donors (Lipinski definition) is 1. The molecule has 4 rings (SSSR count). The van der Waals surface area contributed by atoms with Crippen LogP contribution in [0.2, 0.25) is 0 Å². The number of H-pyrrole nitrogens is 1. The van der Waals surface area contributed by atoms with Crippen LogP contribution in [-0.4, -0.2) is 48.4 Å². The van der Waals surface area contributed by atoms with E-state index >= 15 is 0 Å². The van der Waals surface area contributed by atoms with Crippen molar-refractivity contribution in [2.45, 2.75) is 31.9 Å². The summed E-state index contributed by atoms with van der Waals surface area (Å²) in [5.41, 5.74) is 2.73. The largest absolute Gasteiger partial charge is 0.382 e. The Kier molecular flexibility index (Phi) is 4.14. The van der Waals surface area contributed by atoms with Gasteiger partial charge in [0, 0.05) is 56.6 Å². The number of nitrogens with one attached hydrogen (secondary N) is 1. The van der Waals surface area contributed by atoms with Crippen molar-refractivity contribution in [2.24, 2.45) is 5.92 Å². The maximum atomic E-state index is 6.16. The van der Waals surface area contributed by atoms with Gasteiger partial charge >= 0.3 is 0 Å². The van der Waals surface area contributed by atoms with E-state index in [-0.39, 0.29) is 5.60 Å². The van der Waals surface area contributed by atoms with E-state index in [1.165, 1.54) is 22.9 Å². The Bertz CT molecular complexity index is 660. The number of likely N-dealkylation sites (tertiary alicyclic amines) is 1. The summed E-state index contributed by atoms with van der Waals surface area (Å²) in [4.78, 5) is 5.81. The van der Waals surface area contributed by atoms with Crippen LogP contribution in [0.3, 0.4) is 0 Å². The van der Waals surface area contributed by atoms with E-state index in [2.05, 4.69) is 41.1 Å². The average Bonchev–Trinajstić information content (AvgIpc) is 3.14. The molecule has 1 atom stereocenters. The first-order chi connectivity index (χ1) is 11.3. The number of benzene rings is 1. The van der Waals surface area contributed by atoms with Gasteiger partial charge in [0.05, 0.1) is 5.60 Å². The van der Waals surface area contributed by atoms with Crippen LogP contribution < -0.4 is 0 Å². The normalized spacial score (nSPS) is 23.6. The first kappa shape index (κ1) is 15.2. The zero-order chi connectivity index (χ0) is 15.7. The van der Waals surface area contributed by atoms with Gasteiger partial charge in [-0.15, -0.1) is 0 Å². The summed E-state index contributed by atoms with van der Waals surface area (Å²) in [6.07, 6.45) is 4.35. The van der Waals surface area contributed by atoms with Gasteiger partial charge in [-0.2, -0.15) is 0 Å². The number of aromatic nitrogens is 1. The Morgan fingerprint density at radius 2 is 2.26 bits per heavy atom. The Labute approximate surface area is 137 Å². The van der Waals surface area contributed by atoms with E-state index in [1.54, 1.807) is 0 Å². The van der Waals surface area contributed by atoms with Crippen molar-refractivity contribution in [2.75, 3.05) is 32.9 Å². The highest BCUT2D eigenvalue weighted by molar-refractivity contribution is 5.82. The fourth-order valence-electron chi connectivity index (χ4n) is 4.26. The molecule has 2 aliphatic rings. The van der Waals surface area contributed by atoms with Gasteiger partial charge in [0.1, 0.15) is 0 Å². The van der Waals surface area contributed by atoms with Crippen LogP contribution in [0.15, 0.2) is 30.5 Å². The lowest BCUT2D eigenvalue weighted by molar-refractivity contribution is -0.138. The quantitative estimate of drug-likeness (QED) is 0.832. The SMILES string of the molecule is CCOCCC1CCOC12CN(Cc1cccc3[nH]ccc13)C2. The molecule has 0 radical (unpaired) electrons. The lowest BCUT2D eigenvalue weighted by atomic mass is 9.79. The van der Waals surface area contributed by atoms with Crippen molar-refractivity contribution >= 4 is 10.9 Å². The van der Waals surface area contributed by atoms with E-state index in [4.69, 9.17) is 9.47 Å². The second-order valence-corrected chi connectivity index (χ2v) is 6.89. The van der Waals surface area contributed by atoms with Gasteiger partial charge in [-0.05, 0) is 43.4 Å². The second-order valence-electron chi connectivity index (χ2n) is 6.89. The first-order valence-corrected chi connectivity index (χ1v) is 8.80. The molecule has 0 amide bonds. The lowest BCUT2D eigenvalue weighted by Gasteiger charge is -2.50. The van der Waals surface area contributed by atoms with Gasteiger partial charge < -0.3 is 14.5 Å². The van der Waals surface area contributed by atoms with E-state index in [0.29, 0.717) is 5.92 Å². The number of rotatable bonds is 6. The Morgan fingerprint density at radius 1 is 1.35 bits per heavy atom. The van der Waals surface area contributed by atoms with Crippen molar-refractivity contribution in [1.82, 2.24) is 9.88 Å². The van der Waals surface area contributed by atoms with Gasteiger partial charge in [-0.25, -0.2) is 0 Å². The molecular formula is C19H26N2O2. The molecule has 1 aromatic heterocycles. The predicted molar refractivity (Wildman–Crippen MR) is 91.5 cm³/mol. The molecule has 4 nitrogen and oxygen atoms in total. The highest BCUT2D eigenvalue weighted by atomic mass is 16.5. The molecule has 23 heavy (non-hydrogen) atoms. The molecule has 2 aromatic rings. The van der Waals surface area contributed by atoms with Crippen molar-refractivity contribution in [3.05, 3.63) is 36.0 Å². The maximum absolute atomic E-state index is 6.16. The van der Waals surface area contributed by atoms with E-state index in [9.17, 15) is 0 Å². The van der Waals surface area contributed by atoms with Crippen LogP contribution in [0.25, 0.3) is 10.9 Å². The molecular weight excluding hydrogens is 288 g/mol. The molecule has 0 bridgehead atoms. The minimum absolute atomic E-state index is 0.100. The van der Waals surface area contributed by atoms with E-state index in [1.807, 2.05) is 6.20 Å². The molecule has 2 saturated heterocycles. The Morgan fingerprint density at radius 3 is 3.13 bits per heavy atom. The van der Waals surface area contributed by atoms with Crippen LogP contribution in [0.1, 0.15) is 25.3 Å². The van der Waals surface area contributed by atoms with Gasteiger partial charge in [0.2, 0.25) is 0 Å². The summed E-state index contributed by atoms with van der Waals surface area (Å²) in [6.45, 7) is 7.79. The summed E-state index contributed by atoms with van der Waals surface area (Å²) < 4.78 is 11.7. The number of nitrogens with zero attached hydrogens (tertiary/aromatic N) is 1. The summed E-state index contributed by atoms with van der Waals surface area (Å²) in [6, 6.07) is 8.70. The smallest absolute Gasteiger partial charge is 0.0964 e. The van der Waals surface area contributed by atoms with Gasteiger partial charge in [-0.3, -0.25) is 4.90 Å². The van der Waals surface area contributed by atoms with Gasteiger partial charge in [-0.1, -0.05) is 12.1 Å². The third-order valence-electron chi connectivity index (χ3n) is 5.48. The van der Waals surface area contributed by atoms with Gasteiger partial charge in [0.15, 0.2) is 0 Å². The van der Waals surface area contributed by atoms with Crippen molar-refractivity contribution in [3.8, 4) is 0 Å². The number of fused-ring (bicyclic) bond motifs is 1. The van der Waals surface area contributed by atoms with Crippen LogP contribution in [0.5, 0.6) is 0 Å². The molecule has 2 aliphatic heterocycles.